The minimum atomic E-state index is -10.7. The number of hydrogen-bond donors (Lipinski definition) is 0. The first-order valence-electron chi connectivity index (χ1n) is 13.8. The molecule has 0 unspecified atom stereocenters. The van der Waals surface area contributed by atoms with Crippen LogP contribution in [0.1, 0.15) is 20.8 Å². The molecular weight excluding hydrogens is 746 g/mol. The standard InChI is InChI=1S/C30H28O2S2.2F6P/c1-20(2)30(34-28-18-10-6-14-24(28)32-25-15-7-11-19-29(25)34)21(3)33-26-16-8-4-12-22(26)31-23-13-5-9-17-27(23)33;2*1-7(2,3,4,5)6/h4-21,30H,1-3H3;;/q+2;2*-1/t21-,30-;;/m0../s1. The summed E-state index contributed by atoms with van der Waals surface area (Å²) in [5.74, 6) is 4.48. The molecule has 0 amide bonds. The van der Waals surface area contributed by atoms with Gasteiger partial charge in [0.25, 0.3) is 0 Å². The molecule has 2 atom stereocenters. The molecule has 0 saturated carbocycles. The van der Waals surface area contributed by atoms with E-state index in [-0.39, 0.29) is 21.8 Å². The van der Waals surface area contributed by atoms with Crippen molar-refractivity contribution >= 4 is 37.4 Å². The van der Waals surface area contributed by atoms with Crippen molar-refractivity contribution in [2.75, 3.05) is 0 Å². The first-order chi connectivity index (χ1) is 21.5. The Morgan fingerprint density at radius 1 is 0.417 bits per heavy atom. The van der Waals surface area contributed by atoms with Gasteiger partial charge in [0, 0.05) is 5.92 Å². The summed E-state index contributed by atoms with van der Waals surface area (Å²) < 4.78 is 131. The number of fused-ring (bicyclic) bond motifs is 4. The van der Waals surface area contributed by atoms with Crippen molar-refractivity contribution in [2.45, 2.75) is 50.9 Å². The van der Waals surface area contributed by atoms with Gasteiger partial charge in [-0.1, -0.05) is 62.4 Å². The number of ether oxygens (including phenoxy) is 2. The van der Waals surface area contributed by atoms with Crippen molar-refractivity contribution in [3.8, 4) is 23.0 Å². The summed E-state index contributed by atoms with van der Waals surface area (Å²) in [6.07, 6.45) is 0. The molecule has 266 valence electrons. The topological polar surface area (TPSA) is 18.5 Å². The average Bonchev–Trinajstić information content (AvgIpc) is 2.92. The van der Waals surface area contributed by atoms with Crippen LogP contribution in [0.25, 0.3) is 0 Å². The van der Waals surface area contributed by atoms with E-state index >= 15 is 0 Å². The van der Waals surface area contributed by atoms with Gasteiger partial charge in [-0.2, -0.15) is 0 Å². The van der Waals surface area contributed by atoms with Gasteiger partial charge in [0.2, 0.25) is 19.6 Å². The Kier molecular flexibility index (Phi) is 9.21. The van der Waals surface area contributed by atoms with Crippen molar-refractivity contribution in [3.63, 3.8) is 0 Å². The molecule has 0 aromatic heterocycles. The third-order valence-corrected chi connectivity index (χ3v) is 12.5. The molecule has 48 heavy (non-hydrogen) atoms. The van der Waals surface area contributed by atoms with E-state index in [0.29, 0.717) is 16.4 Å². The summed E-state index contributed by atoms with van der Waals surface area (Å²) in [7, 11) is -21.5. The number of benzene rings is 4. The Hall–Kier alpha value is -2.80. The van der Waals surface area contributed by atoms with Gasteiger partial charge in [-0.25, -0.2) is 0 Å². The quantitative estimate of drug-likeness (QED) is 0.117. The van der Waals surface area contributed by atoms with E-state index < -0.39 is 15.6 Å². The van der Waals surface area contributed by atoms with Crippen LogP contribution >= 0.6 is 15.6 Å². The first kappa shape index (κ1) is 38.0. The molecule has 4 aromatic rings. The molecule has 0 radical (unpaired) electrons. The van der Waals surface area contributed by atoms with Gasteiger partial charge in [-0.15, -0.1) is 0 Å². The van der Waals surface area contributed by atoms with Crippen LogP contribution in [0.2, 0.25) is 0 Å². The maximum atomic E-state index is 9.87. The fourth-order valence-corrected chi connectivity index (χ4v) is 11.4. The van der Waals surface area contributed by atoms with E-state index in [4.69, 9.17) is 9.47 Å². The van der Waals surface area contributed by atoms with Gasteiger partial charge in [0.15, 0.2) is 33.5 Å². The van der Waals surface area contributed by atoms with Gasteiger partial charge in [0.05, 0.1) is 21.8 Å². The molecule has 2 aliphatic rings. The number of hydrogen-bond acceptors (Lipinski definition) is 2. The zero-order valence-electron chi connectivity index (χ0n) is 25.0. The van der Waals surface area contributed by atoms with E-state index in [1.54, 1.807) is 0 Å². The molecule has 0 spiro atoms. The van der Waals surface area contributed by atoms with Gasteiger partial charge < -0.3 is 9.47 Å². The molecule has 0 saturated heterocycles. The van der Waals surface area contributed by atoms with Crippen molar-refractivity contribution in [1.29, 1.82) is 0 Å². The molecule has 2 nitrogen and oxygen atoms in total. The Morgan fingerprint density at radius 3 is 0.896 bits per heavy atom. The summed E-state index contributed by atoms with van der Waals surface area (Å²) in [6, 6.07) is 34.4. The molecular formula is C30H28F12O2P2S2. The third kappa shape index (κ3) is 11.7. The van der Waals surface area contributed by atoms with Gasteiger partial charge >= 0.3 is 66.0 Å². The summed E-state index contributed by atoms with van der Waals surface area (Å²) >= 11 is 0. The van der Waals surface area contributed by atoms with Crippen molar-refractivity contribution in [2.24, 2.45) is 5.92 Å². The maximum absolute atomic E-state index is 10.7. The minimum absolute atomic E-state index is 0.104. The fourth-order valence-electron chi connectivity index (χ4n) is 5.17. The molecule has 4 aromatic carbocycles. The van der Waals surface area contributed by atoms with E-state index in [0.717, 1.165) is 23.0 Å². The van der Waals surface area contributed by atoms with Crippen LogP contribution in [-0.4, -0.2) is 10.5 Å². The molecule has 0 N–H and O–H groups in total. The van der Waals surface area contributed by atoms with E-state index in [1.165, 1.54) is 19.6 Å². The molecule has 0 bridgehead atoms. The predicted octanol–water partition coefficient (Wildman–Crippen LogP) is 14.8. The average molecular weight is 775 g/mol. The number of para-hydroxylation sites is 4. The monoisotopic (exact) mass is 774 g/mol. The summed E-state index contributed by atoms with van der Waals surface area (Å²) in [5.41, 5.74) is 0. The van der Waals surface area contributed by atoms with Crippen LogP contribution in [0.15, 0.2) is 117 Å². The zero-order valence-corrected chi connectivity index (χ0v) is 28.5. The van der Waals surface area contributed by atoms with Crippen molar-refractivity contribution in [3.05, 3.63) is 97.1 Å². The summed E-state index contributed by atoms with van der Waals surface area (Å²) in [6.45, 7) is 7.23. The van der Waals surface area contributed by atoms with Crippen LogP contribution in [0.5, 0.6) is 23.0 Å². The Balaban J connectivity index is 0.000000314. The molecule has 2 heterocycles. The van der Waals surface area contributed by atoms with Crippen LogP contribution in [0.3, 0.4) is 0 Å². The van der Waals surface area contributed by atoms with Crippen LogP contribution < -0.4 is 9.47 Å². The first-order valence-corrected chi connectivity index (χ1v) is 20.5. The Morgan fingerprint density at radius 2 is 0.646 bits per heavy atom. The zero-order chi connectivity index (χ0) is 36.0. The number of rotatable bonds is 4. The Labute approximate surface area is 273 Å². The van der Waals surface area contributed by atoms with Crippen LogP contribution in [0.4, 0.5) is 50.4 Å². The second kappa shape index (κ2) is 11.6. The van der Waals surface area contributed by atoms with Crippen molar-refractivity contribution in [1.82, 2.24) is 0 Å². The molecule has 6 rings (SSSR count). The van der Waals surface area contributed by atoms with Gasteiger partial charge in [-0.05, 0) is 55.5 Å². The molecule has 2 aliphatic heterocycles. The second-order valence-electron chi connectivity index (χ2n) is 11.0. The SMILES string of the molecule is CC(C)[C@@H]([C@H](C)[S+]1c2ccccc2Oc2ccccc21)[S+]1c2ccccc2Oc2ccccc21.F[P-](F)(F)(F)(F)F.F[P-](F)(F)(F)(F)F. The van der Waals surface area contributed by atoms with Crippen LogP contribution in [0, 0.1) is 5.92 Å². The summed E-state index contributed by atoms with van der Waals surface area (Å²) in [5, 5.41) is 0.850. The van der Waals surface area contributed by atoms with Gasteiger partial charge in [0.1, 0.15) is 0 Å². The predicted molar refractivity (Wildman–Crippen MR) is 169 cm³/mol. The van der Waals surface area contributed by atoms with Gasteiger partial charge in [-0.3, -0.25) is 0 Å². The van der Waals surface area contributed by atoms with Crippen LogP contribution in [-0.2, 0) is 21.8 Å². The molecule has 0 aliphatic carbocycles. The summed E-state index contributed by atoms with van der Waals surface area (Å²) in [4.78, 5) is 5.28. The molecule has 0 fully saturated rings. The third-order valence-electron chi connectivity index (χ3n) is 6.55. The van der Waals surface area contributed by atoms with E-state index in [1.807, 2.05) is 0 Å². The van der Waals surface area contributed by atoms with Crippen molar-refractivity contribution < 1.29 is 59.8 Å². The Bertz CT molecular complexity index is 1660. The molecule has 18 heteroatoms. The van der Waals surface area contributed by atoms with E-state index in [2.05, 4.69) is 118 Å². The normalized spacial score (nSPS) is 18.3. The fraction of sp³-hybridized carbons (Fsp3) is 0.200. The van der Waals surface area contributed by atoms with E-state index in [9.17, 15) is 50.4 Å². The number of halogens is 12. The second-order valence-corrected chi connectivity index (χ2v) is 19.2.